The fourth-order valence-corrected chi connectivity index (χ4v) is 2.05. The van der Waals surface area contributed by atoms with Gasteiger partial charge in [0, 0.05) is 18.1 Å². The summed E-state index contributed by atoms with van der Waals surface area (Å²) in [6.07, 6.45) is 5.15. The van der Waals surface area contributed by atoms with Crippen LogP contribution in [0.3, 0.4) is 0 Å². The number of carbonyl (C=O) groups is 1. The number of methoxy groups -OCH3 is 1. The maximum atomic E-state index is 11.9. The molecule has 1 aromatic carbocycles. The minimum atomic E-state index is -0.393. The molecule has 6 nitrogen and oxygen atoms in total. The van der Waals surface area contributed by atoms with Crippen LogP contribution in [0.2, 0.25) is 0 Å². The first-order valence-electron chi connectivity index (χ1n) is 5.76. The van der Waals surface area contributed by atoms with Crippen molar-refractivity contribution in [3.63, 3.8) is 0 Å². The Morgan fingerprint density at radius 1 is 1.42 bits per heavy atom. The first kappa shape index (κ1) is 11.5. The first-order valence-corrected chi connectivity index (χ1v) is 5.76. The van der Waals surface area contributed by atoms with Crippen molar-refractivity contribution in [2.75, 3.05) is 7.11 Å². The van der Waals surface area contributed by atoms with Crippen molar-refractivity contribution in [2.24, 2.45) is 0 Å². The molecule has 6 heteroatoms. The Kier molecular flexibility index (Phi) is 2.56. The van der Waals surface area contributed by atoms with Crippen LogP contribution >= 0.6 is 0 Å². The Bertz CT molecular complexity index is 743. The largest absolute Gasteiger partial charge is 0.465 e. The van der Waals surface area contributed by atoms with Gasteiger partial charge in [0.2, 0.25) is 0 Å². The van der Waals surface area contributed by atoms with Crippen LogP contribution in [0.25, 0.3) is 16.7 Å². The van der Waals surface area contributed by atoms with Crippen LogP contribution in [-0.2, 0) is 4.74 Å². The number of nitrogens with one attached hydrogen (secondary N) is 1. The van der Waals surface area contributed by atoms with E-state index < -0.39 is 5.97 Å². The van der Waals surface area contributed by atoms with Crippen LogP contribution in [0.4, 0.5) is 0 Å². The summed E-state index contributed by atoms with van der Waals surface area (Å²) in [5, 5.41) is 0. The maximum absolute atomic E-state index is 11.9. The van der Waals surface area contributed by atoms with Crippen molar-refractivity contribution in [2.45, 2.75) is 6.92 Å². The van der Waals surface area contributed by atoms with Crippen LogP contribution in [0.5, 0.6) is 0 Å². The molecule has 0 unspecified atom stereocenters. The van der Waals surface area contributed by atoms with Gasteiger partial charge in [-0.05, 0) is 19.1 Å². The molecule has 0 aliphatic rings. The van der Waals surface area contributed by atoms with E-state index in [4.69, 9.17) is 4.74 Å². The molecule has 0 spiro atoms. The van der Waals surface area contributed by atoms with Gasteiger partial charge in [-0.25, -0.2) is 14.8 Å². The molecular formula is C13H12N4O2. The van der Waals surface area contributed by atoms with Gasteiger partial charge >= 0.3 is 5.97 Å². The van der Waals surface area contributed by atoms with E-state index in [2.05, 4.69) is 15.0 Å². The summed E-state index contributed by atoms with van der Waals surface area (Å²) in [6, 6.07) is 3.65. The summed E-state index contributed by atoms with van der Waals surface area (Å²) in [5.74, 6) is 0.360. The zero-order chi connectivity index (χ0) is 13.4. The van der Waals surface area contributed by atoms with E-state index in [1.807, 2.05) is 23.8 Å². The fraction of sp³-hybridized carbons (Fsp3) is 0.154. The SMILES string of the molecule is COC(=O)c1cc(-n2ccnc2)cc2nc(C)[nH]c12. The van der Waals surface area contributed by atoms with Gasteiger partial charge in [0.25, 0.3) is 0 Å². The predicted molar refractivity (Wildman–Crippen MR) is 69.3 cm³/mol. The lowest BCUT2D eigenvalue weighted by molar-refractivity contribution is 0.0603. The number of ether oxygens (including phenoxy) is 1. The molecule has 0 bridgehead atoms. The van der Waals surface area contributed by atoms with E-state index in [1.165, 1.54) is 7.11 Å². The molecule has 0 atom stereocenters. The first-order chi connectivity index (χ1) is 9.19. The van der Waals surface area contributed by atoms with E-state index in [0.29, 0.717) is 11.1 Å². The van der Waals surface area contributed by atoms with E-state index >= 15 is 0 Å². The number of aromatic amines is 1. The number of aryl methyl sites for hydroxylation is 1. The molecule has 3 aromatic rings. The molecule has 1 N–H and O–H groups in total. The zero-order valence-electron chi connectivity index (χ0n) is 10.5. The van der Waals surface area contributed by atoms with Gasteiger partial charge in [-0.15, -0.1) is 0 Å². The molecule has 2 aromatic heterocycles. The van der Waals surface area contributed by atoms with Crippen molar-refractivity contribution in [1.29, 1.82) is 0 Å². The van der Waals surface area contributed by atoms with Gasteiger partial charge in [-0.2, -0.15) is 0 Å². The highest BCUT2D eigenvalue weighted by Crippen LogP contribution is 2.22. The molecule has 0 saturated heterocycles. The Morgan fingerprint density at radius 2 is 2.26 bits per heavy atom. The highest BCUT2D eigenvalue weighted by atomic mass is 16.5. The van der Waals surface area contributed by atoms with Crippen molar-refractivity contribution >= 4 is 17.0 Å². The van der Waals surface area contributed by atoms with Crippen LogP contribution in [0.15, 0.2) is 30.9 Å². The molecular weight excluding hydrogens is 244 g/mol. The number of imidazole rings is 2. The number of hydrogen-bond acceptors (Lipinski definition) is 4. The molecule has 0 saturated carbocycles. The predicted octanol–water partition coefficient (Wildman–Crippen LogP) is 1.84. The van der Waals surface area contributed by atoms with E-state index in [1.54, 1.807) is 18.6 Å². The summed E-state index contributed by atoms with van der Waals surface area (Å²) < 4.78 is 6.63. The minimum absolute atomic E-state index is 0.393. The monoisotopic (exact) mass is 256 g/mol. The summed E-state index contributed by atoms with van der Waals surface area (Å²) >= 11 is 0. The molecule has 19 heavy (non-hydrogen) atoms. The van der Waals surface area contributed by atoms with Crippen molar-refractivity contribution in [1.82, 2.24) is 19.5 Å². The van der Waals surface area contributed by atoms with Gasteiger partial charge in [0.1, 0.15) is 5.82 Å². The summed E-state index contributed by atoms with van der Waals surface area (Å²) in [4.78, 5) is 23.3. The quantitative estimate of drug-likeness (QED) is 0.710. The van der Waals surface area contributed by atoms with Gasteiger partial charge < -0.3 is 14.3 Å². The van der Waals surface area contributed by atoms with Gasteiger partial charge in [0.05, 0.1) is 30.0 Å². The Morgan fingerprint density at radius 3 is 2.95 bits per heavy atom. The molecule has 96 valence electrons. The lowest BCUT2D eigenvalue weighted by Gasteiger charge is -2.06. The summed E-state index contributed by atoms with van der Waals surface area (Å²) in [7, 11) is 1.36. The maximum Gasteiger partial charge on any atom is 0.340 e. The Balaban J connectivity index is 2.29. The van der Waals surface area contributed by atoms with E-state index in [-0.39, 0.29) is 0 Å². The van der Waals surface area contributed by atoms with Gasteiger partial charge in [-0.1, -0.05) is 0 Å². The standard InChI is InChI=1S/C13H12N4O2/c1-8-15-11-6-9(17-4-3-14-7-17)5-10(12(11)16-8)13(18)19-2/h3-7H,1-2H3,(H,15,16). The topological polar surface area (TPSA) is 72.8 Å². The number of aromatic nitrogens is 4. The van der Waals surface area contributed by atoms with Gasteiger partial charge in [-0.3, -0.25) is 0 Å². The molecule has 3 rings (SSSR count). The smallest absolute Gasteiger partial charge is 0.340 e. The summed E-state index contributed by atoms with van der Waals surface area (Å²) in [6.45, 7) is 1.85. The summed E-state index contributed by atoms with van der Waals surface area (Å²) in [5.41, 5.74) is 2.69. The zero-order valence-corrected chi connectivity index (χ0v) is 10.5. The number of nitrogens with zero attached hydrogens (tertiary/aromatic N) is 3. The minimum Gasteiger partial charge on any atom is -0.465 e. The second-order valence-corrected chi connectivity index (χ2v) is 4.17. The number of esters is 1. The highest BCUT2D eigenvalue weighted by molar-refractivity contribution is 6.03. The molecule has 0 fully saturated rings. The lowest BCUT2D eigenvalue weighted by atomic mass is 10.1. The molecule has 0 amide bonds. The third-order valence-corrected chi connectivity index (χ3v) is 2.90. The third-order valence-electron chi connectivity index (χ3n) is 2.90. The molecule has 0 aliphatic heterocycles. The van der Waals surface area contributed by atoms with Crippen LogP contribution < -0.4 is 0 Å². The second-order valence-electron chi connectivity index (χ2n) is 4.17. The highest BCUT2D eigenvalue weighted by Gasteiger charge is 2.15. The Hall–Kier alpha value is -2.63. The number of carbonyl (C=O) groups excluding carboxylic acids is 1. The van der Waals surface area contributed by atoms with Crippen LogP contribution in [0.1, 0.15) is 16.2 Å². The number of benzene rings is 1. The average Bonchev–Trinajstić information content (AvgIpc) is 3.03. The Labute approximate surface area is 109 Å². The average molecular weight is 256 g/mol. The van der Waals surface area contributed by atoms with E-state index in [0.717, 1.165) is 17.0 Å². The second kappa shape index (κ2) is 4.24. The normalized spacial score (nSPS) is 10.8. The number of rotatable bonds is 2. The van der Waals surface area contributed by atoms with Crippen LogP contribution in [-0.4, -0.2) is 32.6 Å². The lowest BCUT2D eigenvalue weighted by Crippen LogP contribution is -2.04. The van der Waals surface area contributed by atoms with E-state index in [9.17, 15) is 4.79 Å². The molecule has 0 aliphatic carbocycles. The van der Waals surface area contributed by atoms with Crippen molar-refractivity contribution in [3.8, 4) is 5.69 Å². The van der Waals surface area contributed by atoms with Crippen LogP contribution in [0, 0.1) is 6.92 Å². The van der Waals surface area contributed by atoms with Gasteiger partial charge in [0.15, 0.2) is 0 Å². The molecule has 0 radical (unpaired) electrons. The van der Waals surface area contributed by atoms with Crippen molar-refractivity contribution < 1.29 is 9.53 Å². The number of H-pyrrole nitrogens is 1. The molecule has 2 heterocycles. The number of fused-ring (bicyclic) bond motifs is 1. The third kappa shape index (κ3) is 1.87. The number of hydrogen-bond donors (Lipinski definition) is 1. The van der Waals surface area contributed by atoms with Crippen molar-refractivity contribution in [3.05, 3.63) is 42.2 Å². The fourth-order valence-electron chi connectivity index (χ4n) is 2.05.